The maximum absolute atomic E-state index is 14.0. The molecule has 57 heavy (non-hydrogen) atoms. The number of sulfonamides is 1. The Balaban J connectivity index is 0.000000850. The highest BCUT2D eigenvalue weighted by Gasteiger charge is 2.54. The van der Waals surface area contributed by atoms with Crippen LogP contribution in [0.4, 0.5) is 10.1 Å². The summed E-state index contributed by atoms with van der Waals surface area (Å²) in [5.74, 6) is -0.344. The van der Waals surface area contributed by atoms with E-state index >= 15 is 0 Å². The van der Waals surface area contributed by atoms with E-state index in [1.807, 2.05) is 79.7 Å². The molecule has 0 saturated carbocycles. The Hall–Kier alpha value is -4.66. The number of aryl methyl sites for hydroxylation is 1. The number of benzene rings is 5. The van der Waals surface area contributed by atoms with Gasteiger partial charge in [0.05, 0.1) is 43.3 Å². The lowest BCUT2D eigenvalue weighted by molar-refractivity contribution is -0.181. The third-order valence-electron chi connectivity index (χ3n) is 10.8. The molecule has 0 aromatic heterocycles. The number of phenols is 1. The van der Waals surface area contributed by atoms with Gasteiger partial charge in [-0.25, -0.2) is 12.8 Å². The van der Waals surface area contributed by atoms with Crippen molar-refractivity contribution in [3.8, 4) is 28.0 Å². The lowest BCUT2D eigenvalue weighted by Crippen LogP contribution is -2.58. The predicted octanol–water partition coefficient (Wildman–Crippen LogP) is 6.44. The van der Waals surface area contributed by atoms with E-state index in [4.69, 9.17) is 14.9 Å². The number of ether oxygens (including phenoxy) is 1. The molecule has 6 N–H and O–H groups in total. The summed E-state index contributed by atoms with van der Waals surface area (Å²) < 4.78 is 48.6. The summed E-state index contributed by atoms with van der Waals surface area (Å²) in [5, 5.41) is 57.1. The zero-order chi connectivity index (χ0) is 40.7. The Morgan fingerprint density at radius 1 is 0.825 bits per heavy atom. The van der Waals surface area contributed by atoms with Crippen molar-refractivity contribution in [1.82, 2.24) is 0 Å². The van der Waals surface area contributed by atoms with E-state index in [2.05, 4.69) is 0 Å². The van der Waals surface area contributed by atoms with E-state index in [-0.39, 0.29) is 24.6 Å². The van der Waals surface area contributed by atoms with Crippen LogP contribution in [0, 0.1) is 5.82 Å². The zero-order valence-electron chi connectivity index (χ0n) is 31.7. The summed E-state index contributed by atoms with van der Waals surface area (Å²) in [6.07, 6.45) is -1.72. The van der Waals surface area contributed by atoms with Crippen molar-refractivity contribution in [3.05, 3.63) is 144 Å². The number of halogens is 1. The van der Waals surface area contributed by atoms with Crippen LogP contribution in [0.5, 0.6) is 5.75 Å². The first-order valence-corrected chi connectivity index (χ1v) is 20.7. The minimum Gasteiger partial charge on any atom is -0.508 e. The van der Waals surface area contributed by atoms with Gasteiger partial charge in [-0.2, -0.15) is 0 Å². The number of rotatable bonds is 12. The minimum absolute atomic E-state index is 0.0237. The smallest absolute Gasteiger partial charge is 0.241 e. The standard InChI is InChI=1S/C41H40FNO7S.C4H10O2/c42-32-18-9-26(10-19-32)5-4-8-39-40(43(51(39,48)49)33-20-15-28(16-21-33)27-6-2-1-3-7-27)34-22-17-31(23-35(34)45)29-11-13-30(14-12-29)37-24-36(46)41(47)38(25-44)50-37;1-2-4(6)3-5/h1-3,6-7,9-23,36-41,44-47H,4-5,8,24-25H2;4-6H,2-3H2,1H3/t36?,37?,38?,39-,40?,41?;/m1./s1. The quantitative estimate of drug-likeness (QED) is 0.0833. The van der Waals surface area contributed by atoms with Gasteiger partial charge in [0, 0.05) is 12.0 Å². The Morgan fingerprint density at radius 2 is 1.44 bits per heavy atom. The van der Waals surface area contributed by atoms with Crippen molar-refractivity contribution < 1.29 is 48.2 Å². The molecule has 5 aromatic carbocycles. The van der Waals surface area contributed by atoms with E-state index in [0.717, 1.165) is 33.4 Å². The molecule has 0 bridgehead atoms. The number of aliphatic hydroxyl groups excluding tert-OH is 5. The normalized spacial score (nSPS) is 23.2. The topological polar surface area (TPSA) is 168 Å². The molecule has 2 aliphatic heterocycles. The van der Waals surface area contributed by atoms with Gasteiger partial charge in [-0.05, 0) is 89.4 Å². The molecular formula is C45H50FNO9S. The third-order valence-corrected chi connectivity index (χ3v) is 13.0. The molecule has 0 aliphatic carbocycles. The highest BCUT2D eigenvalue weighted by atomic mass is 32.2. The number of anilines is 1. The van der Waals surface area contributed by atoms with Gasteiger partial charge < -0.3 is 35.4 Å². The molecule has 10 nitrogen and oxygen atoms in total. The van der Waals surface area contributed by atoms with Crippen molar-refractivity contribution in [2.45, 2.75) is 80.8 Å². The molecule has 0 amide bonds. The fourth-order valence-electron chi connectivity index (χ4n) is 7.40. The van der Waals surface area contributed by atoms with Crippen LogP contribution in [0.1, 0.15) is 61.4 Å². The van der Waals surface area contributed by atoms with E-state index in [1.165, 1.54) is 16.4 Å². The average molecular weight is 800 g/mol. The van der Waals surface area contributed by atoms with Gasteiger partial charge in [0.25, 0.3) is 0 Å². The van der Waals surface area contributed by atoms with Crippen molar-refractivity contribution >= 4 is 15.7 Å². The van der Waals surface area contributed by atoms with Gasteiger partial charge in [0.2, 0.25) is 10.0 Å². The number of nitrogens with zero attached hydrogens (tertiary/aromatic N) is 1. The minimum atomic E-state index is -3.76. The van der Waals surface area contributed by atoms with Crippen LogP contribution in [0.25, 0.3) is 22.3 Å². The van der Waals surface area contributed by atoms with E-state index in [0.29, 0.717) is 36.9 Å². The predicted molar refractivity (Wildman–Crippen MR) is 217 cm³/mol. The van der Waals surface area contributed by atoms with Crippen molar-refractivity contribution in [1.29, 1.82) is 0 Å². The second kappa shape index (κ2) is 18.7. The van der Waals surface area contributed by atoms with Gasteiger partial charge in [0.1, 0.15) is 29.0 Å². The van der Waals surface area contributed by atoms with Gasteiger partial charge in [0.15, 0.2) is 0 Å². The molecule has 0 radical (unpaired) electrons. The molecule has 2 saturated heterocycles. The maximum Gasteiger partial charge on any atom is 0.241 e. The second-order valence-electron chi connectivity index (χ2n) is 14.5. The molecule has 302 valence electrons. The van der Waals surface area contributed by atoms with Crippen LogP contribution in [0.2, 0.25) is 0 Å². The fraction of sp³-hybridized carbons (Fsp3) is 0.333. The molecule has 7 rings (SSSR count). The van der Waals surface area contributed by atoms with E-state index in [9.17, 15) is 33.2 Å². The molecule has 6 unspecified atom stereocenters. The molecular weight excluding hydrogens is 750 g/mol. The Labute approximate surface area is 333 Å². The first kappa shape index (κ1) is 42.0. The molecule has 2 fully saturated rings. The van der Waals surface area contributed by atoms with Crippen molar-refractivity contribution in [2.24, 2.45) is 0 Å². The number of phenolic OH excluding ortho intramolecular Hbond substituents is 1. The van der Waals surface area contributed by atoms with Gasteiger partial charge >= 0.3 is 0 Å². The largest absolute Gasteiger partial charge is 0.508 e. The lowest BCUT2D eigenvalue weighted by atomic mass is 9.92. The Bertz CT molecular complexity index is 2150. The Kier molecular flexibility index (Phi) is 13.8. The number of aliphatic hydroxyl groups is 5. The average Bonchev–Trinajstić information content (AvgIpc) is 3.23. The third kappa shape index (κ3) is 9.56. The summed E-state index contributed by atoms with van der Waals surface area (Å²) in [6, 6.07) is 35.5. The lowest BCUT2D eigenvalue weighted by Gasteiger charge is -2.48. The molecule has 12 heteroatoms. The van der Waals surface area contributed by atoms with Gasteiger partial charge in [-0.1, -0.05) is 97.9 Å². The van der Waals surface area contributed by atoms with Crippen molar-refractivity contribution in [2.75, 3.05) is 17.5 Å². The number of hydrogen-bond acceptors (Lipinski definition) is 9. The van der Waals surface area contributed by atoms with Crippen LogP contribution < -0.4 is 4.31 Å². The van der Waals surface area contributed by atoms with Gasteiger partial charge in [-0.3, -0.25) is 4.31 Å². The highest BCUT2D eigenvalue weighted by molar-refractivity contribution is 7.95. The van der Waals surface area contributed by atoms with E-state index in [1.54, 1.807) is 36.4 Å². The molecule has 0 spiro atoms. The first-order valence-electron chi connectivity index (χ1n) is 19.2. The second-order valence-corrected chi connectivity index (χ2v) is 16.6. The van der Waals surface area contributed by atoms with Gasteiger partial charge in [-0.15, -0.1) is 0 Å². The number of hydrogen-bond donors (Lipinski definition) is 6. The van der Waals surface area contributed by atoms with Crippen LogP contribution in [-0.2, 0) is 21.2 Å². The monoisotopic (exact) mass is 799 g/mol. The summed E-state index contributed by atoms with van der Waals surface area (Å²) in [5.41, 5.74) is 6.23. The SMILES string of the molecule is CCC(O)CO.O=S1(=O)[C@H](CCCc2ccc(F)cc2)C(c2ccc(-c3ccc(C4CC(O)C(O)C(CO)O4)cc3)cc2O)N1c1ccc(-c2ccccc2)cc1. The van der Waals surface area contributed by atoms with Crippen molar-refractivity contribution in [3.63, 3.8) is 0 Å². The number of aromatic hydroxyl groups is 1. The van der Waals surface area contributed by atoms with Crippen LogP contribution >= 0.6 is 0 Å². The summed E-state index contributed by atoms with van der Waals surface area (Å²) >= 11 is 0. The summed E-state index contributed by atoms with van der Waals surface area (Å²) in [6.45, 7) is 1.30. The van der Waals surface area contributed by atoms with Crippen LogP contribution in [0.3, 0.4) is 0 Å². The molecule has 5 aromatic rings. The van der Waals surface area contributed by atoms with Crippen LogP contribution in [0.15, 0.2) is 121 Å². The fourth-order valence-corrected chi connectivity index (χ4v) is 9.55. The molecule has 2 aliphatic rings. The Morgan fingerprint density at radius 3 is 2.04 bits per heavy atom. The zero-order valence-corrected chi connectivity index (χ0v) is 32.5. The van der Waals surface area contributed by atoms with E-state index < -0.39 is 58.4 Å². The molecule has 2 heterocycles. The summed E-state index contributed by atoms with van der Waals surface area (Å²) in [7, 11) is -3.76. The first-order chi connectivity index (χ1) is 27.4. The molecule has 7 atom stereocenters. The maximum atomic E-state index is 14.0. The highest BCUT2D eigenvalue weighted by Crippen LogP contribution is 2.50. The summed E-state index contributed by atoms with van der Waals surface area (Å²) in [4.78, 5) is 0. The van der Waals surface area contributed by atoms with Crippen LogP contribution in [-0.4, -0.2) is 81.9 Å².